The van der Waals surface area contributed by atoms with Gasteiger partial charge in [-0.1, -0.05) is 34.1 Å². The van der Waals surface area contributed by atoms with Gasteiger partial charge in [0.25, 0.3) is 0 Å². The van der Waals surface area contributed by atoms with Gasteiger partial charge in [-0.25, -0.2) is 0 Å². The molecule has 9 atom stereocenters. The third-order valence-electron chi connectivity index (χ3n) is 9.78. The zero-order chi connectivity index (χ0) is 17.3. The molecule has 4 fully saturated rings. The molecule has 4 aliphatic rings. The van der Waals surface area contributed by atoms with Crippen molar-refractivity contribution in [3.63, 3.8) is 0 Å². The lowest BCUT2D eigenvalue weighted by Crippen LogP contribution is -2.56. The fourth-order valence-electron chi connectivity index (χ4n) is 8.52. The van der Waals surface area contributed by atoms with Crippen molar-refractivity contribution in [2.75, 3.05) is 0 Å². The minimum atomic E-state index is 0.312. The van der Waals surface area contributed by atoms with E-state index in [0.29, 0.717) is 22.5 Å². The maximum atomic E-state index is 12.3. The van der Waals surface area contributed by atoms with Crippen LogP contribution in [0.4, 0.5) is 0 Å². The van der Waals surface area contributed by atoms with E-state index in [-0.39, 0.29) is 0 Å². The van der Waals surface area contributed by atoms with E-state index in [1.165, 1.54) is 51.4 Å². The molecule has 0 aromatic heterocycles. The highest BCUT2D eigenvalue weighted by Crippen LogP contribution is 2.68. The largest absolute Gasteiger partial charge is 0.300 e. The molecule has 0 N–H and O–H groups in total. The van der Waals surface area contributed by atoms with Crippen LogP contribution in [0.3, 0.4) is 0 Å². The van der Waals surface area contributed by atoms with Gasteiger partial charge in [-0.05, 0) is 98.2 Å². The molecule has 0 aromatic rings. The van der Waals surface area contributed by atoms with Gasteiger partial charge in [0.15, 0.2) is 0 Å². The second-order valence-corrected chi connectivity index (χ2v) is 10.9. The van der Waals surface area contributed by atoms with Crippen LogP contribution in [0.25, 0.3) is 0 Å². The van der Waals surface area contributed by atoms with Crippen molar-refractivity contribution in [3.05, 3.63) is 0 Å². The van der Waals surface area contributed by atoms with E-state index in [9.17, 15) is 4.79 Å². The number of rotatable bonds is 1. The molecule has 4 aliphatic carbocycles. The van der Waals surface area contributed by atoms with Crippen LogP contribution in [0, 0.1) is 52.3 Å². The molecule has 1 heteroatoms. The Morgan fingerprint density at radius 1 is 0.875 bits per heavy atom. The van der Waals surface area contributed by atoms with E-state index in [0.717, 1.165) is 35.5 Å². The maximum Gasteiger partial charge on any atom is 0.133 e. The minimum Gasteiger partial charge on any atom is -0.300 e. The summed E-state index contributed by atoms with van der Waals surface area (Å²) >= 11 is 0. The van der Waals surface area contributed by atoms with Gasteiger partial charge in [-0.15, -0.1) is 0 Å². The molecule has 136 valence electrons. The molecule has 24 heavy (non-hydrogen) atoms. The smallest absolute Gasteiger partial charge is 0.133 e. The Labute approximate surface area is 149 Å². The van der Waals surface area contributed by atoms with Crippen LogP contribution in [0.2, 0.25) is 0 Å². The number of carbonyl (C=O) groups excluding carboxylic acids is 1. The molecule has 0 saturated heterocycles. The van der Waals surface area contributed by atoms with Crippen molar-refractivity contribution in [2.45, 2.75) is 86.0 Å². The van der Waals surface area contributed by atoms with Gasteiger partial charge in [0.2, 0.25) is 0 Å². The zero-order valence-corrected chi connectivity index (χ0v) is 16.6. The Morgan fingerprint density at radius 2 is 1.54 bits per heavy atom. The van der Waals surface area contributed by atoms with Crippen molar-refractivity contribution < 1.29 is 4.79 Å². The molecule has 0 aliphatic heterocycles. The lowest BCUT2D eigenvalue weighted by molar-refractivity contribution is -0.146. The first-order valence-corrected chi connectivity index (χ1v) is 10.8. The molecule has 0 aromatic carbocycles. The van der Waals surface area contributed by atoms with E-state index >= 15 is 0 Å². The van der Waals surface area contributed by atoms with Crippen LogP contribution in [0.1, 0.15) is 86.0 Å². The van der Waals surface area contributed by atoms with E-state index in [1.54, 1.807) is 0 Å². The summed E-state index contributed by atoms with van der Waals surface area (Å²) in [5, 5.41) is 0. The second kappa shape index (κ2) is 5.58. The lowest BCUT2D eigenvalue weighted by Gasteiger charge is -2.63. The topological polar surface area (TPSA) is 17.1 Å². The van der Waals surface area contributed by atoms with Gasteiger partial charge in [-0.2, -0.15) is 0 Å². The Balaban J connectivity index is 1.66. The maximum absolute atomic E-state index is 12.3. The molecule has 1 nitrogen and oxygen atoms in total. The van der Waals surface area contributed by atoms with Crippen LogP contribution in [-0.2, 0) is 4.79 Å². The molecule has 0 heterocycles. The summed E-state index contributed by atoms with van der Waals surface area (Å²) in [6.45, 7) is 12.0. The van der Waals surface area contributed by atoms with Crippen LogP contribution >= 0.6 is 0 Å². The fraction of sp³-hybridized carbons (Fsp3) is 0.957. The molecule has 0 radical (unpaired) electrons. The Bertz CT molecular complexity index is 524. The lowest BCUT2D eigenvalue weighted by atomic mass is 9.42. The average Bonchev–Trinajstić information content (AvgIpc) is 2.86. The number of ketones is 1. The highest BCUT2D eigenvalue weighted by atomic mass is 16.1. The Hall–Kier alpha value is -0.330. The van der Waals surface area contributed by atoms with Crippen molar-refractivity contribution in [1.82, 2.24) is 0 Å². The van der Waals surface area contributed by atoms with Crippen LogP contribution in [0.15, 0.2) is 0 Å². The van der Waals surface area contributed by atoms with E-state index in [1.807, 2.05) is 6.92 Å². The predicted octanol–water partition coefficient (Wildman–Crippen LogP) is 6.12. The summed E-state index contributed by atoms with van der Waals surface area (Å²) in [7, 11) is 0. The van der Waals surface area contributed by atoms with E-state index < -0.39 is 0 Å². The average molecular weight is 331 g/mol. The van der Waals surface area contributed by atoms with Crippen LogP contribution < -0.4 is 0 Å². The first-order valence-electron chi connectivity index (χ1n) is 10.8. The van der Waals surface area contributed by atoms with Gasteiger partial charge in [0.05, 0.1) is 0 Å². The number of carbonyl (C=O) groups is 1. The number of hydrogen-bond acceptors (Lipinski definition) is 1. The molecule has 0 unspecified atom stereocenters. The molecule has 0 bridgehead atoms. The van der Waals surface area contributed by atoms with Gasteiger partial charge >= 0.3 is 0 Å². The summed E-state index contributed by atoms with van der Waals surface area (Å²) in [6, 6.07) is 0. The first-order chi connectivity index (χ1) is 11.3. The highest BCUT2D eigenvalue weighted by molar-refractivity contribution is 5.79. The third kappa shape index (κ3) is 2.21. The van der Waals surface area contributed by atoms with E-state index in [4.69, 9.17) is 0 Å². The van der Waals surface area contributed by atoms with Gasteiger partial charge in [-0.3, -0.25) is 4.79 Å². The monoisotopic (exact) mass is 330 g/mol. The summed E-state index contributed by atoms with van der Waals surface area (Å²) in [5.41, 5.74) is 0.908. The van der Waals surface area contributed by atoms with Crippen molar-refractivity contribution >= 4 is 5.78 Å². The SMILES string of the molecule is CC(=O)[C@H]1CC[C@H]2[C@@H]3[C@H](C)C[C@H]4C[C@@H](C)CC[C@]4(C)[C@H]3CC[C@]12C. The molecular weight excluding hydrogens is 292 g/mol. The van der Waals surface area contributed by atoms with Gasteiger partial charge in [0.1, 0.15) is 5.78 Å². The Kier molecular flexibility index (Phi) is 3.98. The second-order valence-electron chi connectivity index (χ2n) is 10.9. The number of fused-ring (bicyclic) bond motifs is 5. The third-order valence-corrected chi connectivity index (χ3v) is 9.78. The Morgan fingerprint density at radius 3 is 2.25 bits per heavy atom. The quantitative estimate of drug-likeness (QED) is 0.566. The minimum absolute atomic E-state index is 0.312. The zero-order valence-electron chi connectivity index (χ0n) is 16.6. The standard InChI is InChI=1S/C23H38O/c1-14-8-10-22(4)17(12-14)13-15(2)21-19-7-6-18(16(3)24)23(19,5)11-9-20(21)22/h14-15,17-21H,6-13H2,1-5H3/t14-,15+,17+,18+,19-,20-,21-,22-,23+/m0/s1. The van der Waals surface area contributed by atoms with Crippen molar-refractivity contribution in [3.8, 4) is 0 Å². The summed E-state index contributed by atoms with van der Waals surface area (Å²) in [5.74, 6) is 6.24. The number of hydrogen-bond donors (Lipinski definition) is 0. The van der Waals surface area contributed by atoms with Gasteiger partial charge < -0.3 is 0 Å². The van der Waals surface area contributed by atoms with Gasteiger partial charge in [0, 0.05) is 5.92 Å². The summed E-state index contributed by atoms with van der Waals surface area (Å²) in [4.78, 5) is 12.3. The summed E-state index contributed by atoms with van der Waals surface area (Å²) < 4.78 is 0. The highest BCUT2D eigenvalue weighted by Gasteiger charge is 2.62. The number of Topliss-reactive ketones (excluding diaryl/α,β-unsaturated/α-hetero) is 1. The first kappa shape index (κ1) is 17.1. The molecule has 0 amide bonds. The van der Waals surface area contributed by atoms with Crippen molar-refractivity contribution in [1.29, 1.82) is 0 Å². The molecule has 0 spiro atoms. The fourth-order valence-corrected chi connectivity index (χ4v) is 8.52. The molecule has 4 rings (SSSR count). The van der Waals surface area contributed by atoms with Crippen LogP contribution in [-0.4, -0.2) is 5.78 Å². The van der Waals surface area contributed by atoms with E-state index in [2.05, 4.69) is 27.7 Å². The normalized spacial score (nSPS) is 57.0. The molecule has 4 saturated carbocycles. The van der Waals surface area contributed by atoms with Crippen LogP contribution in [0.5, 0.6) is 0 Å². The predicted molar refractivity (Wildman–Crippen MR) is 99.6 cm³/mol. The molecular formula is C23H38O. The van der Waals surface area contributed by atoms with Crippen molar-refractivity contribution in [2.24, 2.45) is 52.3 Å². The summed E-state index contributed by atoms with van der Waals surface area (Å²) in [6.07, 6.45) is 11.0.